The number of halogens is 2. The first-order valence-electron chi connectivity index (χ1n) is 8.72. The number of hydrogen-bond acceptors (Lipinski definition) is 4. The van der Waals surface area contributed by atoms with E-state index in [-0.39, 0.29) is 6.10 Å². The molecule has 7 heteroatoms. The van der Waals surface area contributed by atoms with E-state index in [1.807, 2.05) is 56.3 Å². The first-order valence-corrected chi connectivity index (χ1v) is 10.5. The van der Waals surface area contributed by atoms with Crippen LogP contribution in [-0.4, -0.2) is 14.8 Å². The molecule has 1 unspecified atom stereocenters. The Kier molecular flexibility index (Phi) is 6.68. The molecular weight excluding hydrogens is 401 g/mol. The molecule has 0 saturated carbocycles. The summed E-state index contributed by atoms with van der Waals surface area (Å²) in [7, 11) is 0. The number of para-hydroxylation sites is 1. The Morgan fingerprint density at radius 1 is 1.07 bits per heavy atom. The highest BCUT2D eigenvalue weighted by molar-refractivity contribution is 7.98. The van der Waals surface area contributed by atoms with Crippen LogP contribution in [0.5, 0.6) is 5.75 Å². The van der Waals surface area contributed by atoms with Crippen molar-refractivity contribution in [3.8, 4) is 5.75 Å². The van der Waals surface area contributed by atoms with Gasteiger partial charge in [0.1, 0.15) is 5.75 Å². The lowest BCUT2D eigenvalue weighted by Gasteiger charge is -2.17. The van der Waals surface area contributed by atoms with Gasteiger partial charge in [-0.15, -0.1) is 10.2 Å². The Bertz CT molecular complexity index is 909. The van der Waals surface area contributed by atoms with E-state index in [1.54, 1.807) is 11.8 Å². The van der Waals surface area contributed by atoms with Crippen molar-refractivity contribution >= 4 is 35.0 Å². The summed E-state index contributed by atoms with van der Waals surface area (Å²) in [6.45, 7) is 6.84. The van der Waals surface area contributed by atoms with Crippen molar-refractivity contribution in [2.24, 2.45) is 0 Å². The quantitative estimate of drug-likeness (QED) is 0.416. The first kappa shape index (κ1) is 20.1. The zero-order valence-corrected chi connectivity index (χ0v) is 17.8. The number of rotatable bonds is 7. The molecule has 0 fully saturated rings. The molecule has 0 saturated heterocycles. The van der Waals surface area contributed by atoms with Gasteiger partial charge in [0, 0.05) is 22.3 Å². The first-order chi connectivity index (χ1) is 13.0. The van der Waals surface area contributed by atoms with E-state index in [2.05, 4.69) is 21.7 Å². The van der Waals surface area contributed by atoms with Crippen LogP contribution >= 0.6 is 35.0 Å². The van der Waals surface area contributed by atoms with Crippen LogP contribution in [0.25, 0.3) is 0 Å². The number of thioether (sulfide) groups is 1. The SMILES string of the molecule is CCn1c(SCc2c(Cl)cccc2Cl)nnc1C(C)Oc1ccccc1C. The molecule has 142 valence electrons. The monoisotopic (exact) mass is 421 g/mol. The number of nitrogens with zero attached hydrogens (tertiary/aromatic N) is 3. The van der Waals surface area contributed by atoms with Gasteiger partial charge in [0.15, 0.2) is 17.1 Å². The lowest BCUT2D eigenvalue weighted by molar-refractivity contribution is 0.208. The Labute approximate surface area is 173 Å². The highest BCUT2D eigenvalue weighted by Gasteiger charge is 2.20. The second-order valence-corrected chi connectivity index (χ2v) is 7.86. The van der Waals surface area contributed by atoms with Gasteiger partial charge in [-0.25, -0.2) is 0 Å². The van der Waals surface area contributed by atoms with Crippen molar-refractivity contribution in [3.63, 3.8) is 0 Å². The highest BCUT2D eigenvalue weighted by atomic mass is 35.5. The minimum Gasteiger partial charge on any atom is -0.482 e. The molecule has 4 nitrogen and oxygen atoms in total. The molecule has 1 atom stereocenters. The van der Waals surface area contributed by atoms with Crippen LogP contribution in [-0.2, 0) is 12.3 Å². The van der Waals surface area contributed by atoms with Crippen molar-refractivity contribution in [1.82, 2.24) is 14.8 Å². The standard InChI is InChI=1S/C20H21Cl2N3OS/c1-4-25-19(14(3)26-18-11-6-5-8-13(18)2)23-24-20(25)27-12-15-16(21)9-7-10-17(15)22/h5-11,14H,4,12H2,1-3H3. The van der Waals surface area contributed by atoms with Gasteiger partial charge in [-0.3, -0.25) is 0 Å². The molecule has 0 aliphatic heterocycles. The Morgan fingerprint density at radius 3 is 2.44 bits per heavy atom. The third-order valence-electron chi connectivity index (χ3n) is 4.23. The van der Waals surface area contributed by atoms with Gasteiger partial charge < -0.3 is 9.30 Å². The zero-order chi connectivity index (χ0) is 19.4. The van der Waals surface area contributed by atoms with Gasteiger partial charge in [0.2, 0.25) is 0 Å². The van der Waals surface area contributed by atoms with Crippen LogP contribution in [0.1, 0.15) is 36.9 Å². The Balaban J connectivity index is 1.77. The number of benzene rings is 2. The summed E-state index contributed by atoms with van der Waals surface area (Å²) in [5, 5.41) is 10.9. The molecule has 0 radical (unpaired) electrons. The molecule has 1 heterocycles. The van der Waals surface area contributed by atoms with Crippen molar-refractivity contribution < 1.29 is 4.74 Å². The number of aromatic nitrogens is 3. The second-order valence-electron chi connectivity index (χ2n) is 6.10. The van der Waals surface area contributed by atoms with Gasteiger partial charge in [-0.2, -0.15) is 0 Å². The number of aryl methyl sites for hydroxylation is 1. The fourth-order valence-corrected chi connectivity index (χ4v) is 4.49. The van der Waals surface area contributed by atoms with Crippen LogP contribution in [0, 0.1) is 6.92 Å². The second kappa shape index (κ2) is 9.00. The van der Waals surface area contributed by atoms with Crippen molar-refractivity contribution in [2.75, 3.05) is 0 Å². The molecule has 2 aromatic carbocycles. The van der Waals surface area contributed by atoms with Crippen LogP contribution in [0.4, 0.5) is 0 Å². The number of hydrogen-bond donors (Lipinski definition) is 0. The molecule has 3 rings (SSSR count). The predicted molar refractivity (Wildman–Crippen MR) is 112 cm³/mol. The molecule has 27 heavy (non-hydrogen) atoms. The molecule has 0 bridgehead atoms. The summed E-state index contributed by atoms with van der Waals surface area (Å²) in [4.78, 5) is 0. The summed E-state index contributed by atoms with van der Waals surface area (Å²) in [6.07, 6.45) is -0.211. The van der Waals surface area contributed by atoms with Crippen LogP contribution in [0.3, 0.4) is 0 Å². The number of ether oxygens (including phenoxy) is 1. The maximum Gasteiger partial charge on any atom is 0.191 e. The third kappa shape index (κ3) is 4.60. The lowest BCUT2D eigenvalue weighted by atomic mass is 10.2. The predicted octanol–water partition coefficient (Wildman–Crippen LogP) is 6.35. The summed E-state index contributed by atoms with van der Waals surface area (Å²) in [5.41, 5.74) is 2.00. The Hall–Kier alpha value is -1.69. The topological polar surface area (TPSA) is 39.9 Å². The largest absolute Gasteiger partial charge is 0.482 e. The van der Waals surface area contributed by atoms with E-state index in [0.29, 0.717) is 15.8 Å². The maximum atomic E-state index is 6.27. The summed E-state index contributed by atoms with van der Waals surface area (Å²) in [5.74, 6) is 2.28. The molecule has 0 N–H and O–H groups in total. The summed E-state index contributed by atoms with van der Waals surface area (Å²) in [6, 6.07) is 13.5. The van der Waals surface area contributed by atoms with Crippen molar-refractivity contribution in [3.05, 3.63) is 69.5 Å². The van der Waals surface area contributed by atoms with Crippen molar-refractivity contribution in [2.45, 2.75) is 44.3 Å². The molecular formula is C20H21Cl2N3OS. The minimum absolute atomic E-state index is 0.211. The zero-order valence-electron chi connectivity index (χ0n) is 15.4. The van der Waals surface area contributed by atoms with E-state index >= 15 is 0 Å². The smallest absolute Gasteiger partial charge is 0.191 e. The van der Waals surface area contributed by atoms with Gasteiger partial charge in [0.05, 0.1) is 0 Å². The minimum atomic E-state index is -0.211. The fraction of sp³-hybridized carbons (Fsp3) is 0.300. The van der Waals surface area contributed by atoms with Crippen LogP contribution in [0.15, 0.2) is 47.6 Å². The van der Waals surface area contributed by atoms with E-state index in [1.165, 1.54) is 0 Å². The van der Waals surface area contributed by atoms with E-state index in [9.17, 15) is 0 Å². The van der Waals surface area contributed by atoms with E-state index in [0.717, 1.165) is 34.4 Å². The molecule has 0 spiro atoms. The van der Waals surface area contributed by atoms with Gasteiger partial charge in [-0.05, 0) is 50.1 Å². The van der Waals surface area contributed by atoms with E-state index < -0.39 is 0 Å². The van der Waals surface area contributed by atoms with Crippen molar-refractivity contribution in [1.29, 1.82) is 0 Å². The van der Waals surface area contributed by atoms with Gasteiger partial charge in [0.25, 0.3) is 0 Å². The summed E-state index contributed by atoms with van der Waals surface area (Å²) < 4.78 is 8.18. The summed E-state index contributed by atoms with van der Waals surface area (Å²) >= 11 is 14.1. The Morgan fingerprint density at radius 2 is 1.78 bits per heavy atom. The average Bonchev–Trinajstić information content (AvgIpc) is 3.06. The van der Waals surface area contributed by atoms with E-state index in [4.69, 9.17) is 27.9 Å². The van der Waals surface area contributed by atoms with Gasteiger partial charge >= 0.3 is 0 Å². The average molecular weight is 422 g/mol. The lowest BCUT2D eigenvalue weighted by Crippen LogP contribution is -2.12. The fourth-order valence-electron chi connectivity index (χ4n) is 2.74. The van der Waals surface area contributed by atoms with Crippen LogP contribution < -0.4 is 4.74 Å². The normalized spacial score (nSPS) is 12.2. The molecule has 0 amide bonds. The molecule has 0 aliphatic carbocycles. The third-order valence-corrected chi connectivity index (χ3v) is 5.93. The van der Waals surface area contributed by atoms with Crippen LogP contribution in [0.2, 0.25) is 10.0 Å². The maximum absolute atomic E-state index is 6.27. The molecule has 1 aromatic heterocycles. The van der Waals surface area contributed by atoms with Gasteiger partial charge in [-0.1, -0.05) is 59.2 Å². The molecule has 3 aromatic rings. The highest BCUT2D eigenvalue weighted by Crippen LogP contribution is 2.32. The molecule has 0 aliphatic rings.